The minimum Gasteiger partial charge on any atom is -0.481 e. The standard InChI is InChI=1S/C15H26N2O3/c1-11(15(20)16-12-6-2-3-7-12)17-9-5-4-8-13(17)10-14(18)19/h11-13H,2-10H2,1H3,(H,16,20)(H,18,19). The van der Waals surface area contributed by atoms with Crippen LogP contribution in [0, 0.1) is 0 Å². The van der Waals surface area contributed by atoms with Gasteiger partial charge in [-0.1, -0.05) is 19.3 Å². The van der Waals surface area contributed by atoms with Gasteiger partial charge in [0.05, 0.1) is 12.5 Å². The molecule has 5 nitrogen and oxygen atoms in total. The molecule has 5 heteroatoms. The molecule has 0 bridgehead atoms. The van der Waals surface area contributed by atoms with Crippen molar-refractivity contribution in [2.24, 2.45) is 0 Å². The van der Waals surface area contributed by atoms with Crippen LogP contribution in [0.5, 0.6) is 0 Å². The fraction of sp³-hybridized carbons (Fsp3) is 0.867. The third-order valence-corrected chi connectivity index (χ3v) is 4.66. The number of likely N-dealkylation sites (tertiary alicyclic amines) is 1. The summed E-state index contributed by atoms with van der Waals surface area (Å²) in [4.78, 5) is 25.4. The van der Waals surface area contributed by atoms with Crippen LogP contribution in [0.15, 0.2) is 0 Å². The van der Waals surface area contributed by atoms with Crippen LogP contribution in [0.2, 0.25) is 0 Å². The van der Waals surface area contributed by atoms with Gasteiger partial charge in [-0.25, -0.2) is 0 Å². The van der Waals surface area contributed by atoms with Crippen LogP contribution >= 0.6 is 0 Å². The SMILES string of the molecule is CC(C(=O)NC1CCCC1)N1CCCCC1CC(=O)O. The van der Waals surface area contributed by atoms with Crippen molar-refractivity contribution in [3.05, 3.63) is 0 Å². The molecule has 2 fully saturated rings. The summed E-state index contributed by atoms with van der Waals surface area (Å²) in [6, 6.07) is 0.110. The summed E-state index contributed by atoms with van der Waals surface area (Å²) < 4.78 is 0. The summed E-state index contributed by atoms with van der Waals surface area (Å²) in [7, 11) is 0. The maximum atomic E-state index is 12.3. The van der Waals surface area contributed by atoms with Crippen LogP contribution in [0.3, 0.4) is 0 Å². The maximum absolute atomic E-state index is 12.3. The molecule has 2 unspecified atom stereocenters. The summed E-state index contributed by atoms with van der Waals surface area (Å²) in [6.07, 6.45) is 7.69. The monoisotopic (exact) mass is 282 g/mol. The summed E-state index contributed by atoms with van der Waals surface area (Å²) in [5, 5.41) is 12.1. The van der Waals surface area contributed by atoms with Gasteiger partial charge in [0.25, 0.3) is 0 Å². The Morgan fingerprint density at radius 3 is 2.50 bits per heavy atom. The zero-order valence-corrected chi connectivity index (χ0v) is 12.3. The Labute approximate surface area is 120 Å². The fourth-order valence-corrected chi connectivity index (χ4v) is 3.50. The molecular weight excluding hydrogens is 256 g/mol. The van der Waals surface area contributed by atoms with Gasteiger partial charge in [0.1, 0.15) is 0 Å². The molecule has 114 valence electrons. The molecule has 1 saturated heterocycles. The summed E-state index contributed by atoms with van der Waals surface area (Å²) in [6.45, 7) is 2.74. The number of hydrogen-bond donors (Lipinski definition) is 2. The molecule has 2 aliphatic rings. The van der Waals surface area contributed by atoms with Gasteiger partial charge >= 0.3 is 5.97 Å². The zero-order chi connectivity index (χ0) is 14.5. The molecule has 1 heterocycles. The highest BCUT2D eigenvalue weighted by atomic mass is 16.4. The number of carbonyl (C=O) groups excluding carboxylic acids is 1. The van der Waals surface area contributed by atoms with Crippen molar-refractivity contribution >= 4 is 11.9 Å². The summed E-state index contributed by atoms with van der Waals surface area (Å²) >= 11 is 0. The second-order valence-electron chi connectivity index (χ2n) is 6.15. The van der Waals surface area contributed by atoms with Crippen molar-refractivity contribution < 1.29 is 14.7 Å². The Morgan fingerprint density at radius 2 is 1.85 bits per heavy atom. The number of rotatable bonds is 5. The van der Waals surface area contributed by atoms with E-state index in [9.17, 15) is 9.59 Å². The average Bonchev–Trinajstić information content (AvgIpc) is 2.90. The van der Waals surface area contributed by atoms with Crippen molar-refractivity contribution in [1.29, 1.82) is 0 Å². The molecule has 1 amide bonds. The molecule has 0 spiro atoms. The smallest absolute Gasteiger partial charge is 0.304 e. The van der Waals surface area contributed by atoms with E-state index < -0.39 is 5.97 Å². The topological polar surface area (TPSA) is 69.6 Å². The quantitative estimate of drug-likeness (QED) is 0.806. The largest absolute Gasteiger partial charge is 0.481 e. The molecule has 0 aromatic rings. The number of aliphatic carboxylic acids is 1. The zero-order valence-electron chi connectivity index (χ0n) is 12.3. The number of carbonyl (C=O) groups is 2. The Balaban J connectivity index is 1.91. The highest BCUT2D eigenvalue weighted by Crippen LogP contribution is 2.23. The van der Waals surface area contributed by atoms with E-state index in [1.54, 1.807) is 0 Å². The first-order chi connectivity index (χ1) is 9.58. The van der Waals surface area contributed by atoms with Crippen molar-refractivity contribution in [2.75, 3.05) is 6.54 Å². The van der Waals surface area contributed by atoms with Crippen LogP contribution in [0.25, 0.3) is 0 Å². The first-order valence-electron chi connectivity index (χ1n) is 7.86. The van der Waals surface area contributed by atoms with Crippen molar-refractivity contribution in [3.63, 3.8) is 0 Å². The lowest BCUT2D eigenvalue weighted by atomic mass is 9.97. The first kappa shape index (κ1) is 15.3. The van der Waals surface area contributed by atoms with E-state index >= 15 is 0 Å². The molecule has 0 aromatic heterocycles. The molecule has 2 atom stereocenters. The van der Waals surface area contributed by atoms with Crippen molar-refractivity contribution in [3.8, 4) is 0 Å². The van der Waals surface area contributed by atoms with E-state index in [1.807, 2.05) is 6.92 Å². The van der Waals surface area contributed by atoms with Gasteiger partial charge in [0.15, 0.2) is 0 Å². The van der Waals surface area contributed by atoms with E-state index in [0.29, 0.717) is 6.04 Å². The number of piperidine rings is 1. The van der Waals surface area contributed by atoms with Crippen LogP contribution in [-0.2, 0) is 9.59 Å². The third-order valence-electron chi connectivity index (χ3n) is 4.66. The van der Waals surface area contributed by atoms with E-state index in [0.717, 1.165) is 38.6 Å². The second kappa shape index (κ2) is 7.07. The minimum atomic E-state index is -0.773. The van der Waals surface area contributed by atoms with E-state index in [4.69, 9.17) is 5.11 Å². The molecule has 1 aliphatic heterocycles. The van der Waals surface area contributed by atoms with Crippen LogP contribution in [0.4, 0.5) is 0 Å². The van der Waals surface area contributed by atoms with Gasteiger partial charge in [-0.15, -0.1) is 0 Å². The van der Waals surface area contributed by atoms with Gasteiger partial charge in [-0.2, -0.15) is 0 Å². The molecular formula is C15H26N2O3. The molecule has 1 saturated carbocycles. The number of nitrogens with one attached hydrogen (secondary N) is 1. The predicted molar refractivity (Wildman–Crippen MR) is 76.5 cm³/mol. The van der Waals surface area contributed by atoms with Crippen molar-refractivity contribution in [1.82, 2.24) is 10.2 Å². The summed E-state index contributed by atoms with van der Waals surface area (Å²) in [5.74, 6) is -0.709. The Bertz CT molecular complexity index is 353. The molecule has 0 aromatic carbocycles. The lowest BCUT2D eigenvalue weighted by Crippen LogP contribution is -2.53. The number of carboxylic acids is 1. The average molecular weight is 282 g/mol. The van der Waals surface area contributed by atoms with Crippen LogP contribution in [-0.4, -0.2) is 46.6 Å². The normalized spacial score (nSPS) is 26.4. The highest BCUT2D eigenvalue weighted by Gasteiger charge is 2.32. The molecule has 0 radical (unpaired) electrons. The summed E-state index contributed by atoms with van der Waals surface area (Å²) in [5.41, 5.74) is 0. The Morgan fingerprint density at radius 1 is 1.20 bits per heavy atom. The third kappa shape index (κ3) is 3.95. The van der Waals surface area contributed by atoms with Gasteiger partial charge < -0.3 is 10.4 Å². The minimum absolute atomic E-state index is 0.00516. The van der Waals surface area contributed by atoms with Crippen LogP contribution in [0.1, 0.15) is 58.3 Å². The Hall–Kier alpha value is -1.10. The van der Waals surface area contributed by atoms with E-state index in [1.165, 1.54) is 12.8 Å². The lowest BCUT2D eigenvalue weighted by molar-refractivity contribution is -0.140. The fourth-order valence-electron chi connectivity index (χ4n) is 3.50. The highest BCUT2D eigenvalue weighted by molar-refractivity contribution is 5.81. The van der Waals surface area contributed by atoms with Crippen molar-refractivity contribution in [2.45, 2.75) is 76.4 Å². The van der Waals surface area contributed by atoms with Gasteiger partial charge in [0, 0.05) is 12.1 Å². The molecule has 2 rings (SSSR count). The maximum Gasteiger partial charge on any atom is 0.304 e. The number of amides is 1. The number of hydrogen-bond acceptors (Lipinski definition) is 3. The first-order valence-corrected chi connectivity index (χ1v) is 7.86. The lowest BCUT2D eigenvalue weighted by Gasteiger charge is -2.38. The second-order valence-corrected chi connectivity index (χ2v) is 6.15. The van der Waals surface area contributed by atoms with Gasteiger partial charge in [0.2, 0.25) is 5.91 Å². The Kier molecular flexibility index (Phi) is 5.40. The molecule has 2 N–H and O–H groups in total. The molecule has 20 heavy (non-hydrogen) atoms. The van der Waals surface area contributed by atoms with Gasteiger partial charge in [-0.3, -0.25) is 14.5 Å². The molecule has 1 aliphatic carbocycles. The van der Waals surface area contributed by atoms with E-state index in [-0.39, 0.29) is 24.4 Å². The van der Waals surface area contributed by atoms with Crippen LogP contribution < -0.4 is 5.32 Å². The van der Waals surface area contributed by atoms with Gasteiger partial charge in [-0.05, 0) is 39.2 Å². The number of carboxylic acid groups (broad SMARTS) is 1. The van der Waals surface area contributed by atoms with E-state index in [2.05, 4.69) is 10.2 Å². The number of nitrogens with zero attached hydrogens (tertiary/aromatic N) is 1. The predicted octanol–water partition coefficient (Wildman–Crippen LogP) is 1.76.